The Kier molecular flexibility index (Phi) is 5.66. The molecule has 0 bridgehead atoms. The molecule has 0 amide bonds. The fourth-order valence-electron chi connectivity index (χ4n) is 1.14. The van der Waals surface area contributed by atoms with E-state index in [0.717, 1.165) is 11.3 Å². The highest BCUT2D eigenvalue weighted by Gasteiger charge is 2.04. The van der Waals surface area contributed by atoms with E-state index in [0.29, 0.717) is 30.7 Å². The van der Waals surface area contributed by atoms with Crippen LogP contribution in [0.1, 0.15) is 5.56 Å². The highest BCUT2D eigenvalue weighted by Crippen LogP contribution is 2.28. The topological polar surface area (TPSA) is 18.5 Å². The number of aryl methyl sites for hydroxylation is 1. The quantitative estimate of drug-likeness (QED) is 0.720. The average Bonchev–Trinajstić information content (AvgIpc) is 2.25. The lowest BCUT2D eigenvalue weighted by molar-refractivity contribution is 0.290. The van der Waals surface area contributed by atoms with Crippen LogP contribution in [0.5, 0.6) is 11.5 Å². The summed E-state index contributed by atoms with van der Waals surface area (Å²) in [7, 11) is 0. The van der Waals surface area contributed by atoms with Crippen molar-refractivity contribution in [1.82, 2.24) is 0 Å². The zero-order valence-electron chi connectivity index (χ0n) is 8.63. The lowest BCUT2D eigenvalue weighted by atomic mass is 10.2. The summed E-state index contributed by atoms with van der Waals surface area (Å²) in [5.74, 6) is 2.36. The molecule has 0 aliphatic rings. The van der Waals surface area contributed by atoms with Crippen molar-refractivity contribution in [3.05, 3.63) is 23.8 Å². The Hall–Kier alpha value is -0.600. The second kappa shape index (κ2) is 6.81. The number of benzene rings is 1. The molecular weight excluding hydrogens is 235 g/mol. The van der Waals surface area contributed by atoms with Crippen LogP contribution in [0, 0.1) is 6.92 Å². The molecule has 1 aromatic rings. The number of rotatable bonds is 6. The van der Waals surface area contributed by atoms with E-state index >= 15 is 0 Å². The first kappa shape index (κ1) is 12.5. The maximum atomic E-state index is 5.56. The van der Waals surface area contributed by atoms with Gasteiger partial charge in [-0.25, -0.2) is 0 Å². The monoisotopic (exact) mass is 248 g/mol. The van der Waals surface area contributed by atoms with Gasteiger partial charge in [0.2, 0.25) is 0 Å². The Morgan fingerprint density at radius 2 is 1.60 bits per heavy atom. The summed E-state index contributed by atoms with van der Waals surface area (Å²) in [5.41, 5.74) is 1.12. The van der Waals surface area contributed by atoms with E-state index in [1.807, 2.05) is 25.1 Å². The highest BCUT2D eigenvalue weighted by atomic mass is 35.5. The summed E-state index contributed by atoms with van der Waals surface area (Å²) < 4.78 is 10.9. The van der Waals surface area contributed by atoms with E-state index in [9.17, 15) is 0 Å². The van der Waals surface area contributed by atoms with Gasteiger partial charge in [-0.05, 0) is 24.6 Å². The molecule has 4 heteroatoms. The minimum atomic E-state index is 0.461. The zero-order valence-corrected chi connectivity index (χ0v) is 10.1. The molecule has 84 valence electrons. The maximum absolute atomic E-state index is 5.56. The van der Waals surface area contributed by atoms with E-state index in [1.165, 1.54) is 0 Å². The van der Waals surface area contributed by atoms with Crippen molar-refractivity contribution < 1.29 is 9.47 Å². The van der Waals surface area contributed by atoms with E-state index in [4.69, 9.17) is 32.7 Å². The van der Waals surface area contributed by atoms with E-state index < -0.39 is 0 Å². The van der Waals surface area contributed by atoms with E-state index in [2.05, 4.69) is 0 Å². The largest absolute Gasteiger partial charge is 0.488 e. The van der Waals surface area contributed by atoms with Crippen molar-refractivity contribution >= 4 is 23.2 Å². The summed E-state index contributed by atoms with van der Waals surface area (Å²) in [6, 6.07) is 5.78. The van der Waals surface area contributed by atoms with E-state index in [-0.39, 0.29) is 0 Å². The normalized spacial score (nSPS) is 10.1. The Morgan fingerprint density at radius 1 is 1.00 bits per heavy atom. The average molecular weight is 249 g/mol. The van der Waals surface area contributed by atoms with Gasteiger partial charge in [0, 0.05) is 0 Å². The summed E-state index contributed by atoms with van der Waals surface area (Å²) in [4.78, 5) is 0. The SMILES string of the molecule is Cc1ccc(OCCCl)c(OCCCl)c1. The molecule has 0 unspecified atom stereocenters. The Bertz CT molecular complexity index is 303. The van der Waals surface area contributed by atoms with Crippen molar-refractivity contribution in [3.63, 3.8) is 0 Å². The molecule has 0 spiro atoms. The molecule has 0 aromatic heterocycles. The minimum absolute atomic E-state index is 0.461. The van der Waals surface area contributed by atoms with Crippen molar-refractivity contribution in [1.29, 1.82) is 0 Å². The predicted octanol–water partition coefficient (Wildman–Crippen LogP) is 3.23. The third-order valence-corrected chi connectivity index (χ3v) is 2.08. The van der Waals surface area contributed by atoms with Crippen LogP contribution in [-0.4, -0.2) is 25.0 Å². The smallest absolute Gasteiger partial charge is 0.161 e. The van der Waals surface area contributed by atoms with Gasteiger partial charge in [0.15, 0.2) is 11.5 Å². The highest BCUT2D eigenvalue weighted by molar-refractivity contribution is 6.18. The zero-order chi connectivity index (χ0) is 11.1. The van der Waals surface area contributed by atoms with Crippen LogP contribution < -0.4 is 9.47 Å². The van der Waals surface area contributed by atoms with Gasteiger partial charge in [-0.15, -0.1) is 23.2 Å². The first-order chi connectivity index (χ1) is 7.27. The van der Waals surface area contributed by atoms with Gasteiger partial charge in [-0.3, -0.25) is 0 Å². The molecule has 0 atom stereocenters. The maximum Gasteiger partial charge on any atom is 0.161 e. The second-order valence-electron chi connectivity index (χ2n) is 3.03. The third-order valence-electron chi connectivity index (χ3n) is 1.77. The first-order valence-electron chi connectivity index (χ1n) is 4.76. The predicted molar refractivity (Wildman–Crippen MR) is 63.6 cm³/mol. The Balaban J connectivity index is 2.73. The molecule has 0 N–H and O–H groups in total. The molecule has 1 rings (SSSR count). The lowest BCUT2D eigenvalue weighted by Gasteiger charge is -2.11. The summed E-state index contributed by atoms with van der Waals surface area (Å²) in [6.45, 7) is 2.95. The number of halogens is 2. The Labute approximate surface area is 100 Å². The Morgan fingerprint density at radius 3 is 2.20 bits per heavy atom. The van der Waals surface area contributed by atoms with Crippen LogP contribution in [0.4, 0.5) is 0 Å². The van der Waals surface area contributed by atoms with Crippen LogP contribution >= 0.6 is 23.2 Å². The summed E-state index contributed by atoms with van der Waals surface area (Å²) in [5, 5.41) is 0. The lowest BCUT2D eigenvalue weighted by Crippen LogP contribution is -2.03. The minimum Gasteiger partial charge on any atom is -0.488 e. The van der Waals surface area contributed by atoms with Crippen molar-refractivity contribution in [3.8, 4) is 11.5 Å². The van der Waals surface area contributed by atoms with Gasteiger partial charge in [0.25, 0.3) is 0 Å². The molecule has 0 radical (unpaired) electrons. The molecule has 0 aliphatic carbocycles. The molecule has 15 heavy (non-hydrogen) atoms. The van der Waals surface area contributed by atoms with Crippen LogP contribution in [0.3, 0.4) is 0 Å². The fraction of sp³-hybridized carbons (Fsp3) is 0.455. The van der Waals surface area contributed by atoms with E-state index in [1.54, 1.807) is 0 Å². The van der Waals surface area contributed by atoms with Gasteiger partial charge >= 0.3 is 0 Å². The number of hydrogen-bond acceptors (Lipinski definition) is 2. The van der Waals surface area contributed by atoms with Gasteiger partial charge in [0.1, 0.15) is 13.2 Å². The number of alkyl halides is 2. The molecule has 2 nitrogen and oxygen atoms in total. The molecule has 0 aliphatic heterocycles. The van der Waals surface area contributed by atoms with Crippen LogP contribution in [0.25, 0.3) is 0 Å². The van der Waals surface area contributed by atoms with Crippen LogP contribution in [0.15, 0.2) is 18.2 Å². The third kappa shape index (κ3) is 4.18. The first-order valence-corrected chi connectivity index (χ1v) is 5.83. The van der Waals surface area contributed by atoms with Crippen LogP contribution in [0.2, 0.25) is 0 Å². The molecule has 0 fully saturated rings. The van der Waals surface area contributed by atoms with Crippen molar-refractivity contribution in [2.75, 3.05) is 25.0 Å². The van der Waals surface area contributed by atoms with Gasteiger partial charge < -0.3 is 9.47 Å². The van der Waals surface area contributed by atoms with Gasteiger partial charge in [-0.1, -0.05) is 6.07 Å². The van der Waals surface area contributed by atoms with Crippen molar-refractivity contribution in [2.45, 2.75) is 6.92 Å². The van der Waals surface area contributed by atoms with Gasteiger partial charge in [0.05, 0.1) is 11.8 Å². The standard InChI is InChI=1S/C11H14Cl2O2/c1-9-2-3-10(14-6-4-12)11(8-9)15-7-5-13/h2-3,8H,4-7H2,1H3. The molecule has 0 saturated carbocycles. The van der Waals surface area contributed by atoms with Crippen LogP contribution in [-0.2, 0) is 0 Å². The summed E-state index contributed by atoms with van der Waals surface area (Å²) >= 11 is 11.1. The summed E-state index contributed by atoms with van der Waals surface area (Å²) in [6.07, 6.45) is 0. The van der Waals surface area contributed by atoms with Crippen molar-refractivity contribution in [2.24, 2.45) is 0 Å². The molecule has 0 saturated heterocycles. The second-order valence-corrected chi connectivity index (χ2v) is 3.78. The molecule has 0 heterocycles. The number of ether oxygens (including phenoxy) is 2. The van der Waals surface area contributed by atoms with Gasteiger partial charge in [-0.2, -0.15) is 0 Å². The molecule has 1 aromatic carbocycles. The fourth-order valence-corrected chi connectivity index (χ4v) is 1.30. The molecular formula is C11H14Cl2O2. The number of hydrogen-bond donors (Lipinski definition) is 0.